The van der Waals surface area contributed by atoms with Gasteiger partial charge in [-0.2, -0.15) is 15.0 Å². The van der Waals surface area contributed by atoms with Crippen molar-refractivity contribution in [2.45, 2.75) is 6.61 Å². The molecule has 3 heterocycles. The average Bonchev–Trinajstić information content (AvgIpc) is 3.38. The highest BCUT2D eigenvalue weighted by molar-refractivity contribution is 7.12. The van der Waals surface area contributed by atoms with Crippen LogP contribution in [0.1, 0.15) is 15.5 Å². The van der Waals surface area contributed by atoms with Crippen LogP contribution in [0.3, 0.4) is 0 Å². The second-order valence-corrected chi connectivity index (χ2v) is 6.64. The van der Waals surface area contributed by atoms with Gasteiger partial charge in [0, 0.05) is 18.1 Å². The van der Waals surface area contributed by atoms with Crippen molar-refractivity contribution < 1.29 is 9.53 Å². The molecule has 3 N–H and O–H groups in total. The summed E-state index contributed by atoms with van der Waals surface area (Å²) >= 11 is 1.31. The van der Waals surface area contributed by atoms with E-state index in [1.54, 1.807) is 0 Å². The van der Waals surface area contributed by atoms with E-state index in [0.29, 0.717) is 4.88 Å². The summed E-state index contributed by atoms with van der Waals surface area (Å²) in [6, 6.07) is 15.1. The van der Waals surface area contributed by atoms with Gasteiger partial charge in [0.2, 0.25) is 11.9 Å². The lowest BCUT2D eigenvalue weighted by molar-refractivity contribution is 0.0468. The molecule has 28 heavy (non-hydrogen) atoms. The van der Waals surface area contributed by atoms with Gasteiger partial charge in [0.1, 0.15) is 4.88 Å². The molecule has 0 amide bonds. The number of esters is 1. The number of ether oxygens (including phenoxy) is 1. The highest BCUT2D eigenvalue weighted by Crippen LogP contribution is 2.22. The number of carbonyl (C=O) groups excluding carboxylic acids is 1. The predicted molar refractivity (Wildman–Crippen MR) is 107 cm³/mol. The minimum atomic E-state index is -0.449. The van der Waals surface area contributed by atoms with Gasteiger partial charge >= 0.3 is 5.97 Å². The first-order chi connectivity index (χ1) is 13.7. The first-order valence-corrected chi connectivity index (χ1v) is 9.27. The molecule has 1 aromatic carbocycles. The van der Waals surface area contributed by atoms with Crippen LogP contribution in [0.4, 0.5) is 17.6 Å². The van der Waals surface area contributed by atoms with Crippen molar-refractivity contribution >= 4 is 34.9 Å². The number of carbonyl (C=O) groups is 1. The van der Waals surface area contributed by atoms with Crippen LogP contribution in [0.25, 0.3) is 5.69 Å². The van der Waals surface area contributed by atoms with Gasteiger partial charge in [-0.05, 0) is 35.7 Å². The lowest BCUT2D eigenvalue weighted by Crippen LogP contribution is -2.11. The Morgan fingerprint density at radius 1 is 1.07 bits per heavy atom. The number of nitrogens with zero attached hydrogens (tertiary/aromatic N) is 4. The van der Waals surface area contributed by atoms with E-state index in [9.17, 15) is 4.79 Å². The quantitative estimate of drug-likeness (QED) is 0.484. The third-order valence-corrected chi connectivity index (χ3v) is 4.66. The zero-order chi connectivity index (χ0) is 19.3. The van der Waals surface area contributed by atoms with Gasteiger partial charge in [-0.3, -0.25) is 0 Å². The second kappa shape index (κ2) is 7.89. The predicted octanol–water partition coefficient (Wildman–Crippen LogP) is 3.41. The molecule has 4 rings (SSSR count). The molecule has 8 nitrogen and oxygen atoms in total. The van der Waals surface area contributed by atoms with Crippen LogP contribution in [-0.4, -0.2) is 25.5 Å². The molecule has 0 aliphatic carbocycles. The number of rotatable bonds is 6. The Morgan fingerprint density at radius 2 is 1.86 bits per heavy atom. The molecule has 9 heteroatoms. The van der Waals surface area contributed by atoms with Crippen molar-refractivity contribution in [1.29, 1.82) is 0 Å². The van der Waals surface area contributed by atoms with Gasteiger partial charge in [-0.15, -0.1) is 11.3 Å². The number of nitrogens with two attached hydrogens (primary N) is 1. The summed E-state index contributed by atoms with van der Waals surface area (Å²) in [7, 11) is 0. The molecule has 0 aliphatic rings. The van der Waals surface area contributed by atoms with Crippen molar-refractivity contribution in [2.24, 2.45) is 0 Å². The highest BCUT2D eigenvalue weighted by Gasteiger charge is 2.17. The van der Waals surface area contributed by atoms with Crippen LogP contribution in [0, 0.1) is 0 Å². The fourth-order valence-corrected chi connectivity index (χ4v) is 3.34. The molecule has 0 unspecified atom stereocenters. The third-order valence-electron chi connectivity index (χ3n) is 3.77. The minimum absolute atomic E-state index is 0.0450. The van der Waals surface area contributed by atoms with Crippen molar-refractivity contribution in [3.8, 4) is 5.69 Å². The molecule has 140 valence electrons. The summed E-state index contributed by atoms with van der Waals surface area (Å²) in [5.74, 6) is 0.145. The maximum absolute atomic E-state index is 12.5. The van der Waals surface area contributed by atoms with Gasteiger partial charge < -0.3 is 20.4 Å². The normalized spacial score (nSPS) is 10.6. The number of hydrogen-bond donors (Lipinski definition) is 2. The molecule has 0 atom stereocenters. The van der Waals surface area contributed by atoms with Gasteiger partial charge in [0.05, 0.1) is 5.69 Å². The lowest BCUT2D eigenvalue weighted by Gasteiger charge is -2.08. The SMILES string of the molecule is Nc1nc(COC(=O)c2sccc2-n2cccc2)nc(Nc2ccccc2)n1. The van der Waals surface area contributed by atoms with Crippen LogP contribution in [0.2, 0.25) is 0 Å². The van der Waals surface area contributed by atoms with E-state index in [2.05, 4.69) is 20.3 Å². The van der Waals surface area contributed by atoms with E-state index in [4.69, 9.17) is 10.5 Å². The maximum Gasteiger partial charge on any atom is 0.350 e. The van der Waals surface area contributed by atoms with E-state index in [0.717, 1.165) is 11.4 Å². The summed E-state index contributed by atoms with van der Waals surface area (Å²) in [6.07, 6.45) is 3.74. The van der Waals surface area contributed by atoms with Crippen molar-refractivity contribution in [2.75, 3.05) is 11.1 Å². The number of thiophene rings is 1. The van der Waals surface area contributed by atoms with Crippen molar-refractivity contribution in [1.82, 2.24) is 19.5 Å². The number of hydrogen-bond acceptors (Lipinski definition) is 8. The zero-order valence-electron chi connectivity index (χ0n) is 14.6. The van der Waals surface area contributed by atoms with E-state index in [1.165, 1.54) is 11.3 Å². The standard InChI is InChI=1S/C19H16N6O2S/c20-18-22-15(23-19(24-18)21-13-6-2-1-3-7-13)12-27-17(26)16-14(8-11-28-16)25-9-4-5-10-25/h1-11H,12H2,(H3,20,21,22,23,24). The smallest absolute Gasteiger partial charge is 0.350 e. The molecule has 0 radical (unpaired) electrons. The van der Waals surface area contributed by atoms with Gasteiger partial charge in [0.15, 0.2) is 12.4 Å². The molecule has 0 fully saturated rings. The Kier molecular flexibility index (Phi) is 4.98. The number of aromatic nitrogens is 4. The first-order valence-electron chi connectivity index (χ1n) is 8.39. The van der Waals surface area contributed by atoms with Gasteiger partial charge in [-0.1, -0.05) is 18.2 Å². The Hall–Kier alpha value is -3.72. The summed E-state index contributed by atoms with van der Waals surface area (Å²) in [4.78, 5) is 25.4. The molecule has 4 aromatic rings. The molecule has 0 saturated heterocycles. The highest BCUT2D eigenvalue weighted by atomic mass is 32.1. The Bertz CT molecular complexity index is 1080. The fourth-order valence-electron chi connectivity index (χ4n) is 2.56. The first kappa shape index (κ1) is 17.7. The maximum atomic E-state index is 12.5. The zero-order valence-corrected chi connectivity index (χ0v) is 15.5. The molecule has 3 aromatic heterocycles. The lowest BCUT2D eigenvalue weighted by atomic mass is 10.3. The van der Waals surface area contributed by atoms with Crippen LogP contribution < -0.4 is 11.1 Å². The fraction of sp³-hybridized carbons (Fsp3) is 0.0526. The summed E-state index contributed by atoms with van der Waals surface area (Å²) in [5.41, 5.74) is 7.33. The third kappa shape index (κ3) is 3.99. The monoisotopic (exact) mass is 392 g/mol. The Labute approximate surface area is 164 Å². The molecule has 0 saturated carbocycles. The van der Waals surface area contributed by atoms with Crippen molar-refractivity contribution in [3.05, 3.63) is 77.0 Å². The molecule has 0 spiro atoms. The van der Waals surface area contributed by atoms with Gasteiger partial charge in [0.25, 0.3) is 0 Å². The summed E-state index contributed by atoms with van der Waals surface area (Å²) < 4.78 is 7.25. The molecular weight excluding hydrogens is 376 g/mol. The number of para-hydroxylation sites is 1. The Balaban J connectivity index is 1.47. The average molecular weight is 392 g/mol. The molecule has 0 bridgehead atoms. The minimum Gasteiger partial charge on any atom is -0.453 e. The number of anilines is 3. The summed E-state index contributed by atoms with van der Waals surface area (Å²) in [5, 5.41) is 4.89. The van der Waals surface area contributed by atoms with E-state index < -0.39 is 5.97 Å². The number of benzene rings is 1. The topological polar surface area (TPSA) is 108 Å². The van der Waals surface area contributed by atoms with Crippen LogP contribution in [-0.2, 0) is 11.3 Å². The van der Waals surface area contributed by atoms with Crippen LogP contribution in [0.15, 0.2) is 66.3 Å². The largest absolute Gasteiger partial charge is 0.453 e. The second-order valence-electron chi connectivity index (χ2n) is 5.73. The molecule has 0 aliphatic heterocycles. The van der Waals surface area contributed by atoms with Crippen LogP contribution in [0.5, 0.6) is 0 Å². The van der Waals surface area contributed by atoms with E-state index in [1.807, 2.05) is 70.9 Å². The van der Waals surface area contributed by atoms with E-state index >= 15 is 0 Å². The van der Waals surface area contributed by atoms with Gasteiger partial charge in [-0.25, -0.2) is 4.79 Å². The molecular formula is C19H16N6O2S. The number of nitrogen functional groups attached to an aromatic ring is 1. The van der Waals surface area contributed by atoms with Crippen molar-refractivity contribution in [3.63, 3.8) is 0 Å². The number of nitrogens with one attached hydrogen (secondary N) is 1. The Morgan fingerprint density at radius 3 is 2.64 bits per heavy atom. The van der Waals surface area contributed by atoms with Crippen LogP contribution >= 0.6 is 11.3 Å². The van der Waals surface area contributed by atoms with E-state index in [-0.39, 0.29) is 24.3 Å². The summed E-state index contributed by atoms with van der Waals surface area (Å²) in [6.45, 7) is -0.113.